The van der Waals surface area contributed by atoms with Crippen molar-refractivity contribution in [2.75, 3.05) is 0 Å². The van der Waals surface area contributed by atoms with Gasteiger partial charge in [0.15, 0.2) is 6.29 Å². The zero-order valence-corrected chi connectivity index (χ0v) is 6.64. The number of hydrogen-bond donors (Lipinski definition) is 3. The minimum Gasteiger partial charge on any atom is -0.390 e. The van der Waals surface area contributed by atoms with Gasteiger partial charge in [-0.3, -0.25) is 0 Å². The van der Waals surface area contributed by atoms with Crippen LogP contribution in [0.4, 0.5) is 0 Å². The SMILES string of the molecule is CC1O[C@@H](O)[C@@H](O)C(O)[C@H]1C. The first-order valence-corrected chi connectivity index (χ1v) is 3.73. The summed E-state index contributed by atoms with van der Waals surface area (Å²) in [6.07, 6.45) is -3.55. The molecule has 11 heavy (non-hydrogen) atoms. The number of aliphatic hydroxyl groups is 3. The standard InChI is InChI=1S/C7H14O4/c1-3-4(2)11-7(10)6(9)5(3)8/h3-10H,1-2H3/t3-,4?,5?,6-,7+/m0/s1. The first-order valence-electron chi connectivity index (χ1n) is 3.73. The zero-order valence-electron chi connectivity index (χ0n) is 6.64. The Morgan fingerprint density at radius 1 is 1.00 bits per heavy atom. The Kier molecular flexibility index (Phi) is 2.49. The van der Waals surface area contributed by atoms with Gasteiger partial charge in [-0.1, -0.05) is 6.92 Å². The van der Waals surface area contributed by atoms with E-state index in [9.17, 15) is 5.11 Å². The highest BCUT2D eigenvalue weighted by atomic mass is 16.6. The molecule has 0 amide bonds. The van der Waals surface area contributed by atoms with E-state index in [0.29, 0.717) is 0 Å². The van der Waals surface area contributed by atoms with Gasteiger partial charge in [0.1, 0.15) is 6.10 Å². The van der Waals surface area contributed by atoms with E-state index in [1.165, 1.54) is 0 Å². The van der Waals surface area contributed by atoms with E-state index in [1.807, 2.05) is 0 Å². The Morgan fingerprint density at radius 3 is 2.09 bits per heavy atom. The molecule has 2 unspecified atom stereocenters. The summed E-state index contributed by atoms with van der Waals surface area (Å²) >= 11 is 0. The van der Waals surface area contributed by atoms with E-state index in [2.05, 4.69) is 0 Å². The average Bonchev–Trinajstić information content (AvgIpc) is 1.97. The molecule has 1 aliphatic heterocycles. The molecule has 5 atom stereocenters. The third-order valence-electron chi connectivity index (χ3n) is 2.28. The van der Waals surface area contributed by atoms with E-state index in [1.54, 1.807) is 13.8 Å². The van der Waals surface area contributed by atoms with Crippen molar-refractivity contribution >= 4 is 0 Å². The van der Waals surface area contributed by atoms with Crippen LogP contribution in [0.15, 0.2) is 0 Å². The Balaban J connectivity index is 2.63. The second-order valence-corrected chi connectivity index (χ2v) is 3.07. The fourth-order valence-corrected chi connectivity index (χ4v) is 1.18. The Morgan fingerprint density at radius 2 is 1.55 bits per heavy atom. The monoisotopic (exact) mass is 162 g/mol. The minimum absolute atomic E-state index is 0.145. The molecule has 1 fully saturated rings. The number of ether oxygens (including phenoxy) is 1. The van der Waals surface area contributed by atoms with Crippen molar-refractivity contribution in [2.45, 2.75) is 38.4 Å². The van der Waals surface area contributed by atoms with E-state index in [-0.39, 0.29) is 12.0 Å². The van der Waals surface area contributed by atoms with E-state index in [4.69, 9.17) is 14.9 Å². The first kappa shape index (κ1) is 8.93. The number of aliphatic hydroxyl groups excluding tert-OH is 3. The summed E-state index contributed by atoms with van der Waals surface area (Å²) in [4.78, 5) is 0. The summed E-state index contributed by atoms with van der Waals surface area (Å²) < 4.78 is 4.93. The van der Waals surface area contributed by atoms with Gasteiger partial charge in [-0.25, -0.2) is 0 Å². The van der Waals surface area contributed by atoms with Gasteiger partial charge in [-0.2, -0.15) is 0 Å². The number of rotatable bonds is 0. The van der Waals surface area contributed by atoms with Crippen molar-refractivity contribution in [3.63, 3.8) is 0 Å². The molecule has 4 nitrogen and oxygen atoms in total. The minimum atomic E-state index is -1.25. The van der Waals surface area contributed by atoms with Gasteiger partial charge >= 0.3 is 0 Å². The molecule has 0 radical (unpaired) electrons. The maximum absolute atomic E-state index is 9.30. The Bertz CT molecular complexity index is 124. The normalized spacial score (nSPS) is 52.6. The second kappa shape index (κ2) is 3.06. The van der Waals surface area contributed by atoms with Gasteiger partial charge in [-0.15, -0.1) is 0 Å². The molecule has 0 aromatic heterocycles. The molecule has 0 aromatic rings. The molecule has 0 spiro atoms. The van der Waals surface area contributed by atoms with Crippen LogP contribution in [0.3, 0.4) is 0 Å². The first-order chi connectivity index (χ1) is 5.04. The van der Waals surface area contributed by atoms with Crippen molar-refractivity contribution in [2.24, 2.45) is 5.92 Å². The topological polar surface area (TPSA) is 69.9 Å². The average molecular weight is 162 g/mol. The van der Waals surface area contributed by atoms with Crippen LogP contribution in [0.5, 0.6) is 0 Å². The lowest BCUT2D eigenvalue weighted by molar-refractivity contribution is -0.261. The molecule has 66 valence electrons. The summed E-state index contributed by atoms with van der Waals surface area (Å²) in [6.45, 7) is 3.52. The largest absolute Gasteiger partial charge is 0.390 e. The predicted molar refractivity (Wildman–Crippen MR) is 37.7 cm³/mol. The quantitative estimate of drug-likeness (QED) is 0.431. The predicted octanol–water partition coefficient (Wildman–Crippen LogP) is -0.919. The van der Waals surface area contributed by atoms with Crippen molar-refractivity contribution in [1.82, 2.24) is 0 Å². The molecule has 3 N–H and O–H groups in total. The summed E-state index contributed by atoms with van der Waals surface area (Å²) in [5.41, 5.74) is 0. The molecule has 0 bridgehead atoms. The van der Waals surface area contributed by atoms with Gasteiger partial charge in [0.05, 0.1) is 12.2 Å². The molecular weight excluding hydrogens is 148 g/mol. The fraction of sp³-hybridized carbons (Fsp3) is 1.00. The third-order valence-corrected chi connectivity index (χ3v) is 2.28. The molecule has 1 saturated heterocycles. The second-order valence-electron chi connectivity index (χ2n) is 3.07. The lowest BCUT2D eigenvalue weighted by Gasteiger charge is -2.37. The molecule has 1 aliphatic rings. The van der Waals surface area contributed by atoms with Crippen LogP contribution in [0.1, 0.15) is 13.8 Å². The molecule has 0 aromatic carbocycles. The summed E-state index contributed by atoms with van der Waals surface area (Å²) in [7, 11) is 0. The molecule has 1 rings (SSSR count). The maximum Gasteiger partial charge on any atom is 0.183 e. The van der Waals surface area contributed by atoms with Crippen molar-refractivity contribution < 1.29 is 20.1 Å². The van der Waals surface area contributed by atoms with Gasteiger partial charge < -0.3 is 20.1 Å². The molecule has 0 aliphatic carbocycles. The van der Waals surface area contributed by atoms with Gasteiger partial charge in [0.2, 0.25) is 0 Å². The maximum atomic E-state index is 9.30. The van der Waals surface area contributed by atoms with Crippen LogP contribution in [-0.2, 0) is 4.74 Å². The van der Waals surface area contributed by atoms with Crippen molar-refractivity contribution in [3.05, 3.63) is 0 Å². The third kappa shape index (κ3) is 1.54. The highest BCUT2D eigenvalue weighted by Crippen LogP contribution is 2.23. The fourth-order valence-electron chi connectivity index (χ4n) is 1.18. The highest BCUT2D eigenvalue weighted by Gasteiger charge is 2.39. The Labute approximate surface area is 65.4 Å². The highest BCUT2D eigenvalue weighted by molar-refractivity contribution is 4.83. The van der Waals surface area contributed by atoms with Crippen LogP contribution >= 0.6 is 0 Å². The summed E-state index contributed by atoms with van der Waals surface area (Å²) in [6, 6.07) is 0. The zero-order chi connectivity index (χ0) is 8.59. The van der Waals surface area contributed by atoms with Crippen molar-refractivity contribution in [1.29, 1.82) is 0 Å². The molecular formula is C7H14O4. The van der Waals surface area contributed by atoms with E-state index < -0.39 is 18.5 Å². The molecule has 1 heterocycles. The number of hydrogen-bond acceptors (Lipinski definition) is 4. The molecule has 0 saturated carbocycles. The van der Waals surface area contributed by atoms with E-state index in [0.717, 1.165) is 0 Å². The van der Waals surface area contributed by atoms with Crippen LogP contribution in [-0.4, -0.2) is 39.9 Å². The van der Waals surface area contributed by atoms with Crippen LogP contribution in [0.25, 0.3) is 0 Å². The van der Waals surface area contributed by atoms with Gasteiger partial charge in [0, 0.05) is 5.92 Å². The molecule has 4 heteroatoms. The van der Waals surface area contributed by atoms with Crippen LogP contribution < -0.4 is 0 Å². The van der Waals surface area contributed by atoms with E-state index >= 15 is 0 Å². The summed E-state index contributed by atoms with van der Waals surface area (Å²) in [5.74, 6) is -0.145. The van der Waals surface area contributed by atoms with Gasteiger partial charge in [0.25, 0.3) is 0 Å². The lowest BCUT2D eigenvalue weighted by atomic mass is 9.92. The smallest absolute Gasteiger partial charge is 0.183 e. The van der Waals surface area contributed by atoms with Crippen molar-refractivity contribution in [3.8, 4) is 0 Å². The van der Waals surface area contributed by atoms with Crippen LogP contribution in [0.2, 0.25) is 0 Å². The summed E-state index contributed by atoms with van der Waals surface area (Å²) in [5, 5.41) is 27.4. The van der Waals surface area contributed by atoms with Gasteiger partial charge in [-0.05, 0) is 6.92 Å². The lowest BCUT2D eigenvalue weighted by Crippen LogP contribution is -2.52. The Hall–Kier alpha value is -0.160. The van der Waals surface area contributed by atoms with Crippen LogP contribution in [0, 0.1) is 5.92 Å².